The summed E-state index contributed by atoms with van der Waals surface area (Å²) in [7, 11) is -2.87. The first-order chi connectivity index (χ1) is 13.8. The SMILES string of the molecule is Cc1cccc([C@@H](C)Nc2nc(C)nc3ccc(C4CCS(=O)(=O)CC4)cc23)c1. The van der Waals surface area contributed by atoms with E-state index in [9.17, 15) is 8.42 Å². The molecule has 0 radical (unpaired) electrons. The Morgan fingerprint density at radius 1 is 1.03 bits per heavy atom. The molecule has 0 aliphatic carbocycles. The Labute approximate surface area is 172 Å². The Morgan fingerprint density at radius 3 is 2.52 bits per heavy atom. The number of anilines is 1. The van der Waals surface area contributed by atoms with Gasteiger partial charge in [0.1, 0.15) is 21.5 Å². The molecule has 0 saturated carbocycles. The van der Waals surface area contributed by atoms with Gasteiger partial charge in [0, 0.05) is 11.4 Å². The highest BCUT2D eigenvalue weighted by molar-refractivity contribution is 7.91. The molecule has 29 heavy (non-hydrogen) atoms. The highest BCUT2D eigenvalue weighted by Gasteiger charge is 2.25. The molecule has 2 heterocycles. The van der Waals surface area contributed by atoms with Crippen LogP contribution in [0.15, 0.2) is 42.5 Å². The van der Waals surface area contributed by atoms with E-state index >= 15 is 0 Å². The van der Waals surface area contributed by atoms with E-state index in [1.54, 1.807) is 0 Å². The molecule has 5 nitrogen and oxygen atoms in total. The molecule has 0 spiro atoms. The molecule has 3 aromatic rings. The standard InChI is InChI=1S/C23H27N3O2S/c1-15-5-4-6-19(13-15)16(2)24-23-21-14-20(7-8-22(21)25-17(3)26-23)18-9-11-29(27,28)12-10-18/h4-8,13-14,16,18H,9-12H2,1-3H3,(H,24,25,26)/t16-/m1/s1. The zero-order valence-electron chi connectivity index (χ0n) is 17.1. The Kier molecular flexibility index (Phi) is 5.30. The molecule has 4 rings (SSSR count). The minimum Gasteiger partial charge on any atom is -0.363 e. The normalized spacial score (nSPS) is 17.9. The predicted octanol–water partition coefficient (Wildman–Crippen LogP) is 4.71. The number of hydrogen-bond donors (Lipinski definition) is 1. The van der Waals surface area contributed by atoms with Crippen LogP contribution in [-0.4, -0.2) is 29.9 Å². The van der Waals surface area contributed by atoms with Gasteiger partial charge in [0.2, 0.25) is 0 Å². The molecule has 0 amide bonds. The fraction of sp³-hybridized carbons (Fsp3) is 0.391. The topological polar surface area (TPSA) is 72.0 Å². The number of rotatable bonds is 4. The van der Waals surface area contributed by atoms with Gasteiger partial charge in [-0.15, -0.1) is 0 Å². The third-order valence-electron chi connectivity index (χ3n) is 5.75. The number of aryl methyl sites for hydroxylation is 2. The molecule has 6 heteroatoms. The van der Waals surface area contributed by atoms with Gasteiger partial charge in [-0.05, 0) is 62.8 Å². The molecular weight excluding hydrogens is 382 g/mol. The Hall–Kier alpha value is -2.47. The van der Waals surface area contributed by atoms with Crippen LogP contribution in [0.3, 0.4) is 0 Å². The van der Waals surface area contributed by atoms with Gasteiger partial charge in [-0.25, -0.2) is 18.4 Å². The summed E-state index contributed by atoms with van der Waals surface area (Å²) >= 11 is 0. The molecule has 1 aliphatic rings. The van der Waals surface area contributed by atoms with Crippen LogP contribution in [0.25, 0.3) is 10.9 Å². The molecule has 0 unspecified atom stereocenters. The van der Waals surface area contributed by atoms with Crippen molar-refractivity contribution in [1.29, 1.82) is 0 Å². The summed E-state index contributed by atoms with van der Waals surface area (Å²) < 4.78 is 23.6. The van der Waals surface area contributed by atoms with Crippen LogP contribution in [0, 0.1) is 13.8 Å². The minimum absolute atomic E-state index is 0.107. The number of benzene rings is 2. The number of sulfone groups is 1. The van der Waals surface area contributed by atoms with E-state index in [4.69, 9.17) is 0 Å². The van der Waals surface area contributed by atoms with E-state index in [0.717, 1.165) is 22.5 Å². The van der Waals surface area contributed by atoms with E-state index in [-0.39, 0.29) is 23.5 Å². The number of nitrogens with one attached hydrogen (secondary N) is 1. The Balaban J connectivity index is 1.67. The highest BCUT2D eigenvalue weighted by Crippen LogP contribution is 2.33. The summed E-state index contributed by atoms with van der Waals surface area (Å²) in [5, 5.41) is 4.55. The monoisotopic (exact) mass is 409 g/mol. The van der Waals surface area contributed by atoms with E-state index in [0.29, 0.717) is 12.8 Å². The lowest BCUT2D eigenvalue weighted by Gasteiger charge is -2.23. The second-order valence-electron chi connectivity index (χ2n) is 8.10. The molecule has 1 aliphatic heterocycles. The smallest absolute Gasteiger partial charge is 0.150 e. The van der Waals surface area contributed by atoms with E-state index in [1.165, 1.54) is 16.7 Å². The van der Waals surface area contributed by atoms with Gasteiger partial charge in [0.25, 0.3) is 0 Å². The van der Waals surface area contributed by atoms with E-state index in [1.807, 2.05) is 13.0 Å². The van der Waals surface area contributed by atoms with Crippen LogP contribution in [0.5, 0.6) is 0 Å². The molecule has 1 saturated heterocycles. The molecular formula is C23H27N3O2S. The van der Waals surface area contributed by atoms with Crippen molar-refractivity contribution in [2.45, 2.75) is 45.6 Å². The quantitative estimate of drug-likeness (QED) is 0.675. The summed E-state index contributed by atoms with van der Waals surface area (Å²) in [4.78, 5) is 9.27. The maximum absolute atomic E-state index is 11.8. The molecule has 1 N–H and O–H groups in total. The first-order valence-corrected chi connectivity index (χ1v) is 11.9. The van der Waals surface area contributed by atoms with Crippen molar-refractivity contribution >= 4 is 26.6 Å². The van der Waals surface area contributed by atoms with Crippen LogP contribution >= 0.6 is 0 Å². The van der Waals surface area contributed by atoms with Crippen LogP contribution in [0.4, 0.5) is 5.82 Å². The summed E-state index contributed by atoms with van der Waals surface area (Å²) in [5.74, 6) is 2.37. The fourth-order valence-electron chi connectivity index (χ4n) is 4.08. The number of hydrogen-bond acceptors (Lipinski definition) is 5. The van der Waals surface area contributed by atoms with Crippen LogP contribution in [0.1, 0.15) is 54.2 Å². The van der Waals surface area contributed by atoms with Crippen LogP contribution in [0.2, 0.25) is 0 Å². The maximum Gasteiger partial charge on any atom is 0.150 e. The predicted molar refractivity (Wildman–Crippen MR) is 118 cm³/mol. The Morgan fingerprint density at radius 2 is 1.79 bits per heavy atom. The van der Waals surface area contributed by atoms with Crippen LogP contribution < -0.4 is 5.32 Å². The van der Waals surface area contributed by atoms with Crippen molar-refractivity contribution < 1.29 is 8.42 Å². The average Bonchev–Trinajstić information content (AvgIpc) is 2.67. The van der Waals surface area contributed by atoms with Crippen molar-refractivity contribution in [3.8, 4) is 0 Å². The lowest BCUT2D eigenvalue weighted by atomic mass is 9.92. The fourth-order valence-corrected chi connectivity index (χ4v) is 5.57. The molecule has 1 fully saturated rings. The molecule has 1 aromatic heterocycles. The Bertz CT molecular complexity index is 1140. The van der Waals surface area contributed by atoms with Gasteiger partial charge in [0.15, 0.2) is 0 Å². The second kappa shape index (κ2) is 7.75. The first kappa shape index (κ1) is 19.8. The average molecular weight is 410 g/mol. The maximum atomic E-state index is 11.8. The van der Waals surface area contributed by atoms with Gasteiger partial charge >= 0.3 is 0 Å². The number of nitrogens with zero attached hydrogens (tertiary/aromatic N) is 2. The van der Waals surface area contributed by atoms with Crippen molar-refractivity contribution in [2.24, 2.45) is 0 Å². The lowest BCUT2D eigenvalue weighted by Crippen LogP contribution is -2.22. The minimum atomic E-state index is -2.87. The molecule has 2 aromatic carbocycles. The largest absolute Gasteiger partial charge is 0.363 e. The number of fused-ring (bicyclic) bond motifs is 1. The summed E-state index contributed by atoms with van der Waals surface area (Å²) in [6.45, 7) is 6.13. The van der Waals surface area contributed by atoms with Crippen molar-refractivity contribution in [2.75, 3.05) is 16.8 Å². The zero-order chi connectivity index (χ0) is 20.6. The van der Waals surface area contributed by atoms with E-state index < -0.39 is 9.84 Å². The van der Waals surface area contributed by atoms with Gasteiger partial charge in [-0.1, -0.05) is 35.9 Å². The lowest BCUT2D eigenvalue weighted by molar-refractivity contribution is 0.550. The van der Waals surface area contributed by atoms with E-state index in [2.05, 4.69) is 65.5 Å². The van der Waals surface area contributed by atoms with Gasteiger partial charge in [-0.3, -0.25) is 0 Å². The third-order valence-corrected chi connectivity index (χ3v) is 7.47. The van der Waals surface area contributed by atoms with Gasteiger partial charge in [0.05, 0.1) is 17.0 Å². The molecule has 152 valence electrons. The first-order valence-electron chi connectivity index (χ1n) is 10.1. The second-order valence-corrected chi connectivity index (χ2v) is 10.4. The van der Waals surface area contributed by atoms with Crippen LogP contribution in [-0.2, 0) is 9.84 Å². The van der Waals surface area contributed by atoms with Gasteiger partial charge in [-0.2, -0.15) is 0 Å². The summed E-state index contributed by atoms with van der Waals surface area (Å²) in [5.41, 5.74) is 4.52. The van der Waals surface area contributed by atoms with Crippen molar-refractivity contribution in [3.63, 3.8) is 0 Å². The van der Waals surface area contributed by atoms with Crippen molar-refractivity contribution in [3.05, 3.63) is 65.0 Å². The van der Waals surface area contributed by atoms with Crippen molar-refractivity contribution in [1.82, 2.24) is 9.97 Å². The molecule has 1 atom stereocenters. The molecule has 0 bridgehead atoms. The number of aromatic nitrogens is 2. The van der Waals surface area contributed by atoms with Gasteiger partial charge < -0.3 is 5.32 Å². The highest BCUT2D eigenvalue weighted by atomic mass is 32.2. The zero-order valence-corrected chi connectivity index (χ0v) is 18.0. The summed E-state index contributed by atoms with van der Waals surface area (Å²) in [6.07, 6.45) is 1.37. The summed E-state index contributed by atoms with van der Waals surface area (Å²) in [6, 6.07) is 14.8. The third kappa shape index (κ3) is 4.42.